The second kappa shape index (κ2) is 6.85. The van der Waals surface area contributed by atoms with Crippen molar-refractivity contribution in [2.75, 3.05) is 33.0 Å². The summed E-state index contributed by atoms with van der Waals surface area (Å²) in [6.07, 6.45) is 4.38. The molecule has 2 aliphatic heterocycles. The van der Waals surface area contributed by atoms with Crippen LogP contribution >= 0.6 is 0 Å². The lowest BCUT2D eigenvalue weighted by atomic mass is 9.78. The lowest BCUT2D eigenvalue weighted by Gasteiger charge is -2.44. The predicted molar refractivity (Wildman–Crippen MR) is 68.6 cm³/mol. The molecule has 0 saturated carbocycles. The fourth-order valence-corrected chi connectivity index (χ4v) is 3.07. The minimum atomic E-state index is -0.250. The number of hydrogen-bond acceptors (Lipinski definition) is 4. The fraction of sp³-hybridized carbons (Fsp3) is 1.00. The Kier molecular flexibility index (Phi) is 5.42. The molecule has 0 aromatic heterocycles. The lowest BCUT2D eigenvalue weighted by Crippen LogP contribution is -2.46. The molecule has 2 fully saturated rings. The van der Waals surface area contributed by atoms with Crippen molar-refractivity contribution in [3.63, 3.8) is 0 Å². The van der Waals surface area contributed by atoms with Gasteiger partial charge in [-0.25, -0.2) is 0 Å². The van der Waals surface area contributed by atoms with E-state index in [0.717, 1.165) is 58.5 Å². The van der Waals surface area contributed by atoms with Gasteiger partial charge in [-0.1, -0.05) is 0 Å². The van der Waals surface area contributed by atoms with E-state index < -0.39 is 0 Å². The molecule has 106 valence electrons. The van der Waals surface area contributed by atoms with Gasteiger partial charge in [-0.05, 0) is 44.9 Å². The van der Waals surface area contributed by atoms with Gasteiger partial charge in [0.25, 0.3) is 0 Å². The third-order valence-corrected chi connectivity index (χ3v) is 4.24. The van der Waals surface area contributed by atoms with Crippen LogP contribution in [0.1, 0.15) is 39.0 Å². The van der Waals surface area contributed by atoms with Crippen LogP contribution in [0.5, 0.6) is 0 Å². The Labute approximate surface area is 110 Å². The Balaban J connectivity index is 1.81. The molecule has 2 unspecified atom stereocenters. The Hall–Kier alpha value is -0.160. The van der Waals surface area contributed by atoms with E-state index in [1.54, 1.807) is 0 Å². The van der Waals surface area contributed by atoms with Crippen molar-refractivity contribution in [3.8, 4) is 0 Å². The summed E-state index contributed by atoms with van der Waals surface area (Å²) in [5, 5.41) is 10.2. The van der Waals surface area contributed by atoms with Gasteiger partial charge in [0.05, 0.1) is 11.7 Å². The van der Waals surface area contributed by atoms with Crippen molar-refractivity contribution in [1.29, 1.82) is 0 Å². The summed E-state index contributed by atoms with van der Waals surface area (Å²) in [6, 6.07) is 0. The van der Waals surface area contributed by atoms with Crippen molar-refractivity contribution < 1.29 is 19.3 Å². The van der Waals surface area contributed by atoms with Crippen LogP contribution in [-0.2, 0) is 14.2 Å². The molecule has 0 aromatic carbocycles. The van der Waals surface area contributed by atoms with E-state index >= 15 is 0 Å². The van der Waals surface area contributed by atoms with E-state index in [2.05, 4.69) is 0 Å². The van der Waals surface area contributed by atoms with Gasteiger partial charge in [0.1, 0.15) is 0 Å². The maximum absolute atomic E-state index is 10.2. The fourth-order valence-electron chi connectivity index (χ4n) is 3.07. The normalized spacial score (nSPS) is 29.3. The number of hydrogen-bond donors (Lipinski definition) is 1. The van der Waals surface area contributed by atoms with Gasteiger partial charge in [0.2, 0.25) is 0 Å². The molecule has 1 spiro atoms. The van der Waals surface area contributed by atoms with Crippen molar-refractivity contribution in [3.05, 3.63) is 0 Å². The van der Waals surface area contributed by atoms with E-state index in [-0.39, 0.29) is 11.7 Å². The zero-order valence-corrected chi connectivity index (χ0v) is 11.4. The Morgan fingerprint density at radius 2 is 2.11 bits per heavy atom. The van der Waals surface area contributed by atoms with Crippen LogP contribution < -0.4 is 0 Å². The molecule has 0 amide bonds. The number of ether oxygens (including phenoxy) is 3. The molecule has 0 aliphatic carbocycles. The van der Waals surface area contributed by atoms with E-state index in [1.165, 1.54) is 0 Å². The quantitative estimate of drug-likeness (QED) is 0.763. The molecule has 2 rings (SSSR count). The molecule has 4 nitrogen and oxygen atoms in total. The molecule has 2 saturated heterocycles. The van der Waals surface area contributed by atoms with Crippen LogP contribution in [0.4, 0.5) is 0 Å². The van der Waals surface area contributed by atoms with Gasteiger partial charge in [0, 0.05) is 33.0 Å². The number of aliphatic hydroxyl groups is 1. The van der Waals surface area contributed by atoms with Gasteiger partial charge < -0.3 is 19.3 Å². The van der Waals surface area contributed by atoms with Crippen LogP contribution in [0.25, 0.3) is 0 Å². The summed E-state index contributed by atoms with van der Waals surface area (Å²) < 4.78 is 16.7. The van der Waals surface area contributed by atoms with Crippen LogP contribution in [0.15, 0.2) is 0 Å². The Morgan fingerprint density at radius 3 is 2.83 bits per heavy atom. The third kappa shape index (κ3) is 3.67. The second-order valence-corrected chi connectivity index (χ2v) is 5.45. The Bertz CT molecular complexity index is 232. The van der Waals surface area contributed by atoms with E-state index in [1.807, 2.05) is 6.92 Å². The summed E-state index contributed by atoms with van der Waals surface area (Å²) >= 11 is 0. The molecule has 2 aliphatic rings. The van der Waals surface area contributed by atoms with Crippen LogP contribution in [0.2, 0.25) is 0 Å². The first-order chi connectivity index (χ1) is 8.76. The third-order valence-electron chi connectivity index (χ3n) is 4.24. The highest BCUT2D eigenvalue weighted by Gasteiger charge is 2.40. The summed E-state index contributed by atoms with van der Waals surface area (Å²) in [4.78, 5) is 0. The van der Waals surface area contributed by atoms with E-state index in [0.29, 0.717) is 12.5 Å². The average molecular weight is 258 g/mol. The second-order valence-electron chi connectivity index (χ2n) is 5.45. The average Bonchev–Trinajstić information content (AvgIpc) is 2.40. The van der Waals surface area contributed by atoms with Crippen molar-refractivity contribution in [2.24, 2.45) is 5.92 Å². The summed E-state index contributed by atoms with van der Waals surface area (Å²) in [7, 11) is 0. The van der Waals surface area contributed by atoms with Crippen molar-refractivity contribution in [2.45, 2.75) is 50.7 Å². The lowest BCUT2D eigenvalue weighted by molar-refractivity contribution is -0.159. The van der Waals surface area contributed by atoms with Gasteiger partial charge in [0.15, 0.2) is 0 Å². The zero-order chi connectivity index (χ0) is 12.8. The molecule has 0 radical (unpaired) electrons. The molecule has 2 atom stereocenters. The topological polar surface area (TPSA) is 47.9 Å². The molecule has 4 heteroatoms. The summed E-state index contributed by atoms with van der Waals surface area (Å²) in [5.74, 6) is 0.359. The first-order valence-electron chi connectivity index (χ1n) is 7.23. The molecule has 0 aromatic rings. The number of aliphatic hydroxyl groups excluding tert-OH is 1. The standard InChI is InChI=1S/C14H26O4/c1-2-16-7-4-13(15)12-3-8-18-14(11-12)5-9-17-10-6-14/h12-13,15H,2-11H2,1H3. The van der Waals surface area contributed by atoms with Gasteiger partial charge in [-0.2, -0.15) is 0 Å². The highest BCUT2D eigenvalue weighted by atomic mass is 16.5. The largest absolute Gasteiger partial charge is 0.393 e. The summed E-state index contributed by atoms with van der Waals surface area (Å²) in [6.45, 7) is 5.73. The summed E-state index contributed by atoms with van der Waals surface area (Å²) in [5.41, 5.74) is -0.0201. The molecule has 0 bridgehead atoms. The maximum Gasteiger partial charge on any atom is 0.0730 e. The first-order valence-corrected chi connectivity index (χ1v) is 7.23. The van der Waals surface area contributed by atoms with Crippen molar-refractivity contribution in [1.82, 2.24) is 0 Å². The highest BCUT2D eigenvalue weighted by molar-refractivity contribution is 4.90. The van der Waals surface area contributed by atoms with E-state index in [9.17, 15) is 5.11 Å². The SMILES string of the molecule is CCOCCC(O)C1CCOC2(CCOCC2)C1. The molecular weight excluding hydrogens is 232 g/mol. The minimum Gasteiger partial charge on any atom is -0.393 e. The van der Waals surface area contributed by atoms with Gasteiger partial charge in [-0.15, -0.1) is 0 Å². The molecular formula is C14H26O4. The van der Waals surface area contributed by atoms with Crippen LogP contribution in [0.3, 0.4) is 0 Å². The van der Waals surface area contributed by atoms with Gasteiger partial charge >= 0.3 is 0 Å². The monoisotopic (exact) mass is 258 g/mol. The smallest absolute Gasteiger partial charge is 0.0730 e. The highest BCUT2D eigenvalue weighted by Crippen LogP contribution is 2.38. The molecule has 2 heterocycles. The Morgan fingerprint density at radius 1 is 1.33 bits per heavy atom. The van der Waals surface area contributed by atoms with E-state index in [4.69, 9.17) is 14.2 Å². The number of rotatable bonds is 5. The van der Waals surface area contributed by atoms with Crippen LogP contribution in [0, 0.1) is 5.92 Å². The molecule has 1 N–H and O–H groups in total. The van der Waals surface area contributed by atoms with Crippen molar-refractivity contribution >= 4 is 0 Å². The minimum absolute atomic E-state index is 0.0201. The first kappa shape index (κ1) is 14.3. The zero-order valence-electron chi connectivity index (χ0n) is 11.4. The maximum atomic E-state index is 10.2. The predicted octanol–water partition coefficient (Wildman–Crippen LogP) is 1.75. The van der Waals surface area contributed by atoms with Crippen LogP contribution in [-0.4, -0.2) is 49.8 Å². The van der Waals surface area contributed by atoms with Gasteiger partial charge in [-0.3, -0.25) is 0 Å². The molecule has 18 heavy (non-hydrogen) atoms.